The maximum Gasteiger partial charge on any atom is 0.114 e. The van der Waals surface area contributed by atoms with Crippen LogP contribution in [0.15, 0.2) is 4.99 Å². The van der Waals surface area contributed by atoms with Gasteiger partial charge in [-0.15, -0.1) is 11.6 Å². The zero-order chi connectivity index (χ0) is 9.52. The van der Waals surface area contributed by atoms with Crippen molar-refractivity contribution in [2.24, 2.45) is 4.99 Å². The first kappa shape index (κ1) is 10.8. The molecular formula is C10H19ClN2. The molecule has 0 atom stereocenters. The summed E-state index contributed by atoms with van der Waals surface area (Å²) in [6, 6.07) is 0. The maximum atomic E-state index is 5.77. The van der Waals surface area contributed by atoms with Crippen LogP contribution in [0.1, 0.15) is 32.6 Å². The SMILES string of the molecule is CCCCCCN1CCN=C1CCl. The molecule has 0 N–H and O–H groups in total. The smallest absolute Gasteiger partial charge is 0.114 e. The maximum absolute atomic E-state index is 5.77. The monoisotopic (exact) mass is 202 g/mol. The first-order valence-corrected chi connectivity index (χ1v) is 5.76. The number of hydrogen-bond donors (Lipinski definition) is 0. The normalized spacial score (nSPS) is 16.5. The zero-order valence-electron chi connectivity index (χ0n) is 8.43. The second-order valence-electron chi connectivity index (χ2n) is 3.48. The quantitative estimate of drug-likeness (QED) is 0.478. The van der Waals surface area contributed by atoms with Crippen LogP contribution in [-0.4, -0.2) is 36.2 Å². The van der Waals surface area contributed by atoms with Crippen LogP contribution in [-0.2, 0) is 0 Å². The molecule has 1 aliphatic rings. The summed E-state index contributed by atoms with van der Waals surface area (Å²) in [5.41, 5.74) is 0. The summed E-state index contributed by atoms with van der Waals surface area (Å²) >= 11 is 5.77. The van der Waals surface area contributed by atoms with E-state index in [2.05, 4.69) is 16.8 Å². The summed E-state index contributed by atoms with van der Waals surface area (Å²) in [7, 11) is 0. The highest BCUT2D eigenvalue weighted by atomic mass is 35.5. The number of amidine groups is 1. The molecule has 2 nitrogen and oxygen atoms in total. The Hall–Kier alpha value is -0.240. The number of hydrogen-bond acceptors (Lipinski definition) is 2. The molecule has 1 rings (SSSR count). The van der Waals surface area contributed by atoms with E-state index < -0.39 is 0 Å². The third-order valence-corrected chi connectivity index (χ3v) is 2.67. The van der Waals surface area contributed by atoms with Crippen molar-refractivity contribution in [2.45, 2.75) is 32.6 Å². The van der Waals surface area contributed by atoms with Gasteiger partial charge in [-0.1, -0.05) is 26.2 Å². The molecule has 0 aromatic carbocycles. The van der Waals surface area contributed by atoms with Gasteiger partial charge in [-0.25, -0.2) is 0 Å². The second-order valence-corrected chi connectivity index (χ2v) is 3.75. The molecule has 13 heavy (non-hydrogen) atoms. The van der Waals surface area contributed by atoms with Crippen molar-refractivity contribution >= 4 is 17.4 Å². The number of halogens is 1. The molecule has 1 aliphatic heterocycles. The predicted octanol–water partition coefficient (Wildman–Crippen LogP) is 2.52. The van der Waals surface area contributed by atoms with Gasteiger partial charge in [0.15, 0.2) is 0 Å². The number of alkyl halides is 1. The molecule has 0 spiro atoms. The van der Waals surface area contributed by atoms with Crippen molar-refractivity contribution in [2.75, 3.05) is 25.5 Å². The van der Waals surface area contributed by atoms with Gasteiger partial charge < -0.3 is 4.90 Å². The van der Waals surface area contributed by atoms with Gasteiger partial charge in [0.25, 0.3) is 0 Å². The predicted molar refractivity (Wildman–Crippen MR) is 58.7 cm³/mol. The Kier molecular flexibility index (Phi) is 5.21. The van der Waals surface area contributed by atoms with E-state index in [4.69, 9.17) is 11.6 Å². The molecule has 3 heteroatoms. The van der Waals surface area contributed by atoms with Gasteiger partial charge in [-0.2, -0.15) is 0 Å². The van der Waals surface area contributed by atoms with Gasteiger partial charge in [-0.3, -0.25) is 4.99 Å². The van der Waals surface area contributed by atoms with E-state index in [1.165, 1.54) is 25.7 Å². The van der Waals surface area contributed by atoms with E-state index in [1.807, 2.05) is 0 Å². The average Bonchev–Trinajstić information content (AvgIpc) is 2.60. The van der Waals surface area contributed by atoms with Crippen molar-refractivity contribution in [1.82, 2.24) is 4.90 Å². The number of aliphatic imine (C=N–C) groups is 1. The summed E-state index contributed by atoms with van der Waals surface area (Å²) in [5.74, 6) is 1.67. The number of unbranched alkanes of at least 4 members (excludes halogenated alkanes) is 3. The third-order valence-electron chi connectivity index (χ3n) is 2.43. The second kappa shape index (κ2) is 6.25. The molecule has 76 valence electrons. The van der Waals surface area contributed by atoms with Crippen molar-refractivity contribution < 1.29 is 0 Å². The topological polar surface area (TPSA) is 15.6 Å². The number of rotatable bonds is 6. The van der Waals surface area contributed by atoms with E-state index in [1.54, 1.807) is 0 Å². The van der Waals surface area contributed by atoms with Crippen LogP contribution in [0.5, 0.6) is 0 Å². The first-order chi connectivity index (χ1) is 6.38. The Labute approximate surface area is 86.0 Å². The minimum absolute atomic E-state index is 0.577. The van der Waals surface area contributed by atoms with Crippen molar-refractivity contribution in [1.29, 1.82) is 0 Å². The van der Waals surface area contributed by atoms with E-state index in [9.17, 15) is 0 Å². The largest absolute Gasteiger partial charge is 0.358 e. The molecule has 0 aromatic rings. The van der Waals surface area contributed by atoms with Crippen molar-refractivity contribution in [3.05, 3.63) is 0 Å². The summed E-state index contributed by atoms with van der Waals surface area (Å²) in [4.78, 5) is 6.67. The zero-order valence-corrected chi connectivity index (χ0v) is 9.19. The molecule has 0 amide bonds. The van der Waals surface area contributed by atoms with Gasteiger partial charge in [-0.05, 0) is 6.42 Å². The Balaban J connectivity index is 2.11. The minimum atomic E-state index is 0.577. The molecule has 0 saturated heterocycles. The van der Waals surface area contributed by atoms with E-state index in [0.29, 0.717) is 5.88 Å². The fraction of sp³-hybridized carbons (Fsp3) is 0.900. The Bertz CT molecular complexity index is 168. The lowest BCUT2D eigenvalue weighted by molar-refractivity contribution is 0.432. The van der Waals surface area contributed by atoms with Crippen LogP contribution in [0, 0.1) is 0 Å². The van der Waals surface area contributed by atoms with Gasteiger partial charge in [0, 0.05) is 13.1 Å². The molecule has 0 fully saturated rings. The summed E-state index contributed by atoms with van der Waals surface area (Å²) < 4.78 is 0. The Morgan fingerprint density at radius 3 is 2.92 bits per heavy atom. The molecular weight excluding hydrogens is 184 g/mol. The standard InChI is InChI=1S/C10H19ClN2/c1-2-3-4-5-7-13-8-6-12-10(13)9-11/h2-9H2,1H3. The molecule has 0 unspecified atom stereocenters. The average molecular weight is 203 g/mol. The summed E-state index contributed by atoms with van der Waals surface area (Å²) in [5, 5.41) is 0. The first-order valence-electron chi connectivity index (χ1n) is 5.22. The minimum Gasteiger partial charge on any atom is -0.358 e. The molecule has 0 saturated carbocycles. The molecule has 0 bridgehead atoms. The number of nitrogens with zero attached hydrogens (tertiary/aromatic N) is 2. The highest BCUT2D eigenvalue weighted by molar-refractivity contribution is 6.28. The highest BCUT2D eigenvalue weighted by Crippen LogP contribution is 2.07. The molecule has 0 aliphatic carbocycles. The van der Waals surface area contributed by atoms with Crippen molar-refractivity contribution in [3.8, 4) is 0 Å². The van der Waals surface area contributed by atoms with Gasteiger partial charge in [0.1, 0.15) is 5.84 Å². The summed E-state index contributed by atoms with van der Waals surface area (Å²) in [6.45, 7) is 5.40. The van der Waals surface area contributed by atoms with E-state index in [-0.39, 0.29) is 0 Å². The van der Waals surface area contributed by atoms with E-state index in [0.717, 1.165) is 25.5 Å². The molecule has 0 radical (unpaired) electrons. The van der Waals surface area contributed by atoms with Gasteiger partial charge >= 0.3 is 0 Å². The summed E-state index contributed by atoms with van der Waals surface area (Å²) in [6.07, 6.45) is 5.27. The van der Waals surface area contributed by atoms with Crippen LogP contribution >= 0.6 is 11.6 Å². The third kappa shape index (κ3) is 3.55. The van der Waals surface area contributed by atoms with Crippen LogP contribution in [0.25, 0.3) is 0 Å². The lowest BCUT2D eigenvalue weighted by Gasteiger charge is -2.18. The molecule has 1 heterocycles. The molecule has 0 aromatic heterocycles. The van der Waals surface area contributed by atoms with Crippen LogP contribution < -0.4 is 0 Å². The van der Waals surface area contributed by atoms with Crippen molar-refractivity contribution in [3.63, 3.8) is 0 Å². The van der Waals surface area contributed by atoms with Crippen LogP contribution in [0.4, 0.5) is 0 Å². The van der Waals surface area contributed by atoms with Gasteiger partial charge in [0.05, 0.1) is 12.4 Å². The Morgan fingerprint density at radius 2 is 2.23 bits per heavy atom. The van der Waals surface area contributed by atoms with Gasteiger partial charge in [0.2, 0.25) is 0 Å². The van der Waals surface area contributed by atoms with Crippen LogP contribution in [0.2, 0.25) is 0 Å². The Morgan fingerprint density at radius 1 is 1.38 bits per heavy atom. The lowest BCUT2D eigenvalue weighted by Crippen LogP contribution is -2.29. The lowest BCUT2D eigenvalue weighted by atomic mass is 10.2. The fourth-order valence-electron chi connectivity index (χ4n) is 1.63. The van der Waals surface area contributed by atoms with Crippen LogP contribution in [0.3, 0.4) is 0 Å². The fourth-order valence-corrected chi connectivity index (χ4v) is 1.88. The highest BCUT2D eigenvalue weighted by Gasteiger charge is 2.14. The van der Waals surface area contributed by atoms with E-state index >= 15 is 0 Å².